The number of hydrogen-bond donors (Lipinski definition) is 2. The first-order valence-corrected chi connectivity index (χ1v) is 7.23. The molecular weight excluding hydrogens is 309 g/mol. The van der Waals surface area contributed by atoms with Crippen LogP contribution in [0.1, 0.15) is 23.0 Å². The molecule has 0 saturated heterocycles. The van der Waals surface area contributed by atoms with Gasteiger partial charge in [0.15, 0.2) is 0 Å². The third kappa shape index (κ3) is 3.86. The Kier molecular flexibility index (Phi) is 5.04. The first kappa shape index (κ1) is 15.6. The quantitative estimate of drug-likeness (QED) is 0.877. The lowest BCUT2D eigenvalue weighted by Crippen LogP contribution is -2.15. The fourth-order valence-electron chi connectivity index (χ4n) is 1.86. The minimum Gasteiger partial charge on any atom is -0.385 e. The number of carbonyl (C=O) groups is 1. The highest BCUT2D eigenvalue weighted by Crippen LogP contribution is 2.26. The molecule has 0 saturated carbocycles. The Morgan fingerprint density at radius 2 is 2.00 bits per heavy atom. The number of nitrogens with one attached hydrogen (secondary N) is 2. The molecule has 110 valence electrons. The van der Waals surface area contributed by atoms with Crippen LogP contribution in [0.5, 0.6) is 0 Å². The van der Waals surface area contributed by atoms with Crippen molar-refractivity contribution >= 4 is 40.5 Å². The molecule has 0 unspecified atom stereocenters. The van der Waals surface area contributed by atoms with Crippen LogP contribution >= 0.6 is 23.2 Å². The Balaban J connectivity index is 2.28. The van der Waals surface area contributed by atoms with Crippen LogP contribution in [-0.2, 0) is 0 Å². The van der Waals surface area contributed by atoms with E-state index in [9.17, 15) is 4.79 Å². The first-order valence-electron chi connectivity index (χ1n) is 6.48. The van der Waals surface area contributed by atoms with Gasteiger partial charge in [-0.2, -0.15) is 0 Å². The number of anilines is 2. The van der Waals surface area contributed by atoms with Crippen LogP contribution in [0.2, 0.25) is 10.0 Å². The van der Waals surface area contributed by atoms with Gasteiger partial charge in [-0.05, 0) is 38.1 Å². The third-order valence-electron chi connectivity index (χ3n) is 2.83. The molecule has 0 aliphatic rings. The molecule has 6 heteroatoms. The van der Waals surface area contributed by atoms with E-state index in [4.69, 9.17) is 23.2 Å². The summed E-state index contributed by atoms with van der Waals surface area (Å²) in [5, 5.41) is 6.82. The first-order chi connectivity index (χ1) is 10.0. The van der Waals surface area contributed by atoms with Gasteiger partial charge in [-0.25, -0.2) is 0 Å². The second-order valence-corrected chi connectivity index (χ2v) is 5.32. The Labute approximate surface area is 133 Å². The lowest BCUT2D eigenvalue weighted by atomic mass is 10.2. The average Bonchev–Trinajstić information content (AvgIpc) is 2.42. The van der Waals surface area contributed by atoms with Gasteiger partial charge >= 0.3 is 0 Å². The fraction of sp³-hybridized carbons (Fsp3) is 0.200. The fourth-order valence-corrected chi connectivity index (χ4v) is 2.31. The van der Waals surface area contributed by atoms with E-state index in [0.29, 0.717) is 27.8 Å². The number of benzene rings is 1. The SMILES string of the molecule is CCNc1cc(C)ncc1C(=O)Nc1ccc(Cl)cc1Cl. The molecule has 2 aromatic rings. The maximum Gasteiger partial charge on any atom is 0.259 e. The number of pyridine rings is 1. The molecule has 1 heterocycles. The van der Waals surface area contributed by atoms with Gasteiger partial charge in [0.05, 0.1) is 22.0 Å². The predicted molar refractivity (Wildman–Crippen MR) is 87.6 cm³/mol. The average molecular weight is 324 g/mol. The summed E-state index contributed by atoms with van der Waals surface area (Å²) in [7, 11) is 0. The largest absolute Gasteiger partial charge is 0.385 e. The van der Waals surface area contributed by atoms with Crippen molar-refractivity contribution in [3.8, 4) is 0 Å². The molecule has 0 fully saturated rings. The molecule has 0 aliphatic heterocycles. The predicted octanol–water partition coefficient (Wildman–Crippen LogP) is 4.38. The summed E-state index contributed by atoms with van der Waals surface area (Å²) in [6, 6.07) is 6.75. The van der Waals surface area contributed by atoms with Gasteiger partial charge in [-0.3, -0.25) is 9.78 Å². The number of halogens is 2. The molecule has 1 aromatic heterocycles. The molecule has 2 rings (SSSR count). The molecule has 21 heavy (non-hydrogen) atoms. The monoisotopic (exact) mass is 323 g/mol. The van der Waals surface area contributed by atoms with E-state index < -0.39 is 0 Å². The molecule has 0 radical (unpaired) electrons. The minimum absolute atomic E-state index is 0.275. The smallest absolute Gasteiger partial charge is 0.259 e. The van der Waals surface area contributed by atoms with E-state index in [-0.39, 0.29) is 5.91 Å². The summed E-state index contributed by atoms with van der Waals surface area (Å²) < 4.78 is 0. The standard InChI is InChI=1S/C15H15Cl2N3O/c1-3-18-14-6-9(2)19-8-11(14)15(21)20-13-5-4-10(16)7-12(13)17/h4-8H,3H2,1-2H3,(H,18,19)(H,20,21). The Bertz CT molecular complexity index is 674. The van der Waals surface area contributed by atoms with Crippen LogP contribution in [0.4, 0.5) is 11.4 Å². The highest BCUT2D eigenvalue weighted by atomic mass is 35.5. The summed E-state index contributed by atoms with van der Waals surface area (Å²) in [4.78, 5) is 16.5. The van der Waals surface area contributed by atoms with Crippen molar-refractivity contribution in [2.24, 2.45) is 0 Å². The molecule has 1 amide bonds. The molecule has 0 aliphatic carbocycles. The number of nitrogens with zero attached hydrogens (tertiary/aromatic N) is 1. The van der Waals surface area contributed by atoms with Crippen molar-refractivity contribution in [3.63, 3.8) is 0 Å². The highest BCUT2D eigenvalue weighted by molar-refractivity contribution is 6.36. The zero-order valence-electron chi connectivity index (χ0n) is 11.7. The highest BCUT2D eigenvalue weighted by Gasteiger charge is 2.14. The van der Waals surface area contributed by atoms with Gasteiger partial charge in [-0.15, -0.1) is 0 Å². The summed E-state index contributed by atoms with van der Waals surface area (Å²) in [6.07, 6.45) is 1.55. The van der Waals surface area contributed by atoms with Gasteiger partial charge in [0.2, 0.25) is 0 Å². The Morgan fingerprint density at radius 3 is 2.67 bits per heavy atom. The maximum atomic E-state index is 12.4. The van der Waals surface area contributed by atoms with Crippen LogP contribution in [0.15, 0.2) is 30.5 Å². The zero-order valence-corrected chi connectivity index (χ0v) is 13.2. The van der Waals surface area contributed by atoms with Crippen LogP contribution < -0.4 is 10.6 Å². The van der Waals surface area contributed by atoms with E-state index in [1.807, 2.05) is 19.9 Å². The number of aryl methyl sites for hydroxylation is 1. The van der Waals surface area contributed by atoms with Crippen LogP contribution in [0.25, 0.3) is 0 Å². The summed E-state index contributed by atoms with van der Waals surface area (Å²) in [5.41, 5.74) is 2.56. The second kappa shape index (κ2) is 6.78. The van der Waals surface area contributed by atoms with Gasteiger partial charge in [0.1, 0.15) is 0 Å². The summed E-state index contributed by atoms with van der Waals surface area (Å²) >= 11 is 11.9. The number of aromatic nitrogens is 1. The third-order valence-corrected chi connectivity index (χ3v) is 3.38. The van der Waals surface area contributed by atoms with Crippen molar-refractivity contribution < 1.29 is 4.79 Å². The molecule has 1 aromatic carbocycles. The lowest BCUT2D eigenvalue weighted by molar-refractivity contribution is 0.102. The summed E-state index contributed by atoms with van der Waals surface area (Å²) in [6.45, 7) is 4.55. The number of rotatable bonds is 4. The lowest BCUT2D eigenvalue weighted by Gasteiger charge is -2.12. The maximum absolute atomic E-state index is 12.4. The van der Waals surface area contributed by atoms with Gasteiger partial charge in [-0.1, -0.05) is 23.2 Å². The molecule has 0 bridgehead atoms. The van der Waals surface area contributed by atoms with Crippen molar-refractivity contribution in [1.82, 2.24) is 4.98 Å². The van der Waals surface area contributed by atoms with Crippen LogP contribution in [0.3, 0.4) is 0 Å². The number of hydrogen-bond acceptors (Lipinski definition) is 3. The van der Waals surface area contributed by atoms with Gasteiger partial charge in [0, 0.05) is 23.5 Å². The normalized spacial score (nSPS) is 10.3. The molecule has 0 atom stereocenters. The summed E-state index contributed by atoms with van der Waals surface area (Å²) in [5.74, 6) is -0.275. The van der Waals surface area contributed by atoms with E-state index in [1.54, 1.807) is 24.4 Å². The van der Waals surface area contributed by atoms with E-state index in [0.717, 1.165) is 11.4 Å². The molecule has 0 spiro atoms. The van der Waals surface area contributed by atoms with E-state index in [1.165, 1.54) is 0 Å². The molecule has 4 nitrogen and oxygen atoms in total. The Morgan fingerprint density at radius 1 is 1.24 bits per heavy atom. The second-order valence-electron chi connectivity index (χ2n) is 4.48. The van der Waals surface area contributed by atoms with Crippen LogP contribution in [0, 0.1) is 6.92 Å². The van der Waals surface area contributed by atoms with Crippen LogP contribution in [-0.4, -0.2) is 17.4 Å². The van der Waals surface area contributed by atoms with E-state index >= 15 is 0 Å². The van der Waals surface area contributed by atoms with Gasteiger partial charge < -0.3 is 10.6 Å². The van der Waals surface area contributed by atoms with E-state index in [2.05, 4.69) is 15.6 Å². The minimum atomic E-state index is -0.275. The Hall–Kier alpha value is -1.78. The molecule has 2 N–H and O–H groups in total. The van der Waals surface area contributed by atoms with Crippen molar-refractivity contribution in [3.05, 3.63) is 51.8 Å². The van der Waals surface area contributed by atoms with Crippen molar-refractivity contribution in [2.75, 3.05) is 17.2 Å². The number of carbonyl (C=O) groups excluding carboxylic acids is 1. The zero-order chi connectivity index (χ0) is 15.4. The molecular formula is C15H15Cl2N3O. The van der Waals surface area contributed by atoms with Crippen molar-refractivity contribution in [1.29, 1.82) is 0 Å². The van der Waals surface area contributed by atoms with Crippen molar-refractivity contribution in [2.45, 2.75) is 13.8 Å². The topological polar surface area (TPSA) is 54.0 Å². The number of amides is 1. The van der Waals surface area contributed by atoms with Gasteiger partial charge in [0.25, 0.3) is 5.91 Å².